The molecule has 0 bridgehead atoms. The molecule has 0 aliphatic heterocycles. The van der Waals surface area contributed by atoms with Crippen LogP contribution in [-0.4, -0.2) is 27.0 Å². The fourth-order valence-corrected chi connectivity index (χ4v) is 3.11. The van der Waals surface area contributed by atoms with Crippen LogP contribution >= 0.6 is 15.9 Å². The van der Waals surface area contributed by atoms with Gasteiger partial charge in [0.25, 0.3) is 5.56 Å². The molecule has 1 saturated carbocycles. The molecule has 0 atom stereocenters. The van der Waals surface area contributed by atoms with Crippen molar-refractivity contribution in [2.45, 2.75) is 51.6 Å². The fraction of sp³-hybridized carbons (Fsp3) is 0.714. The lowest BCUT2D eigenvalue weighted by molar-refractivity contribution is 0.155. The molecule has 1 aliphatic carbocycles. The van der Waals surface area contributed by atoms with Gasteiger partial charge in [-0.25, -0.2) is 4.68 Å². The summed E-state index contributed by atoms with van der Waals surface area (Å²) in [5, 5.41) is 17.3. The highest BCUT2D eigenvalue weighted by Crippen LogP contribution is 2.35. The van der Waals surface area contributed by atoms with E-state index in [4.69, 9.17) is 0 Å². The highest BCUT2D eigenvalue weighted by atomic mass is 79.9. The number of aryl methyl sites for hydroxylation is 1. The molecule has 0 amide bonds. The SMILES string of the molecule is CCn1ncc(NC2(CO)CCC(C)CC2)c(Br)c1=O. The first-order valence-corrected chi connectivity index (χ1v) is 7.95. The van der Waals surface area contributed by atoms with E-state index in [-0.39, 0.29) is 17.7 Å². The average Bonchev–Trinajstić information content (AvgIpc) is 2.47. The molecule has 0 radical (unpaired) electrons. The second-order valence-corrected chi connectivity index (χ2v) is 6.53. The third-order valence-electron chi connectivity index (χ3n) is 4.22. The Kier molecular flexibility index (Phi) is 4.86. The number of hydrogen-bond acceptors (Lipinski definition) is 4. The summed E-state index contributed by atoms with van der Waals surface area (Å²) < 4.78 is 1.89. The summed E-state index contributed by atoms with van der Waals surface area (Å²) in [6.07, 6.45) is 5.65. The largest absolute Gasteiger partial charge is 0.394 e. The number of nitrogens with one attached hydrogen (secondary N) is 1. The number of hydrogen-bond donors (Lipinski definition) is 2. The van der Waals surface area contributed by atoms with E-state index in [1.807, 2.05) is 6.92 Å². The quantitative estimate of drug-likeness (QED) is 0.880. The summed E-state index contributed by atoms with van der Waals surface area (Å²) in [6, 6.07) is 0. The zero-order chi connectivity index (χ0) is 14.8. The predicted octanol–water partition coefficient (Wildman–Crippen LogP) is 2.38. The first-order valence-electron chi connectivity index (χ1n) is 7.16. The molecule has 1 aromatic heterocycles. The number of aliphatic hydroxyl groups excluding tert-OH is 1. The van der Waals surface area contributed by atoms with Crippen LogP contribution in [0, 0.1) is 5.92 Å². The van der Waals surface area contributed by atoms with Crippen LogP contribution in [-0.2, 0) is 6.54 Å². The first-order chi connectivity index (χ1) is 9.51. The van der Waals surface area contributed by atoms with E-state index < -0.39 is 0 Å². The van der Waals surface area contributed by atoms with Crippen LogP contribution in [0.1, 0.15) is 39.5 Å². The Morgan fingerprint density at radius 1 is 1.55 bits per heavy atom. The summed E-state index contributed by atoms with van der Waals surface area (Å²) in [5.74, 6) is 0.700. The Morgan fingerprint density at radius 3 is 2.75 bits per heavy atom. The van der Waals surface area contributed by atoms with Gasteiger partial charge in [0, 0.05) is 6.54 Å². The van der Waals surface area contributed by atoms with E-state index in [9.17, 15) is 9.90 Å². The molecule has 1 heterocycles. The van der Waals surface area contributed by atoms with E-state index in [1.54, 1.807) is 6.20 Å². The van der Waals surface area contributed by atoms with E-state index in [1.165, 1.54) is 4.68 Å². The maximum Gasteiger partial charge on any atom is 0.283 e. The van der Waals surface area contributed by atoms with Crippen LogP contribution in [0.4, 0.5) is 5.69 Å². The molecule has 5 nitrogen and oxygen atoms in total. The number of aliphatic hydroxyl groups is 1. The molecule has 2 rings (SSSR count). The number of halogens is 1. The van der Waals surface area contributed by atoms with Crippen LogP contribution < -0.4 is 10.9 Å². The van der Waals surface area contributed by atoms with Crippen molar-refractivity contribution in [1.29, 1.82) is 0 Å². The summed E-state index contributed by atoms with van der Waals surface area (Å²) >= 11 is 3.35. The number of rotatable bonds is 4. The van der Waals surface area contributed by atoms with Gasteiger partial charge in [0.05, 0.1) is 24.0 Å². The van der Waals surface area contributed by atoms with Gasteiger partial charge < -0.3 is 10.4 Å². The number of nitrogens with zero attached hydrogens (tertiary/aromatic N) is 2. The van der Waals surface area contributed by atoms with Crippen LogP contribution in [0.3, 0.4) is 0 Å². The Balaban J connectivity index is 2.24. The third kappa shape index (κ3) is 3.06. The van der Waals surface area contributed by atoms with Gasteiger partial charge in [0.15, 0.2) is 0 Å². The van der Waals surface area contributed by atoms with E-state index in [0.717, 1.165) is 25.7 Å². The molecule has 6 heteroatoms. The highest BCUT2D eigenvalue weighted by Gasteiger charge is 2.34. The van der Waals surface area contributed by atoms with Gasteiger partial charge in [-0.05, 0) is 54.5 Å². The van der Waals surface area contributed by atoms with Crippen molar-refractivity contribution < 1.29 is 5.11 Å². The second-order valence-electron chi connectivity index (χ2n) is 5.74. The van der Waals surface area contributed by atoms with Crippen molar-refractivity contribution in [3.05, 3.63) is 21.0 Å². The molecular formula is C14H22BrN3O2. The Labute approximate surface area is 127 Å². The minimum Gasteiger partial charge on any atom is -0.394 e. The lowest BCUT2D eigenvalue weighted by Crippen LogP contribution is -2.45. The molecule has 1 fully saturated rings. The summed E-state index contributed by atoms with van der Waals surface area (Å²) in [6.45, 7) is 4.73. The van der Waals surface area contributed by atoms with Gasteiger partial charge in [0.1, 0.15) is 4.47 Å². The van der Waals surface area contributed by atoms with E-state index in [0.29, 0.717) is 22.6 Å². The summed E-state index contributed by atoms with van der Waals surface area (Å²) in [7, 11) is 0. The molecule has 0 saturated heterocycles. The Morgan fingerprint density at radius 2 is 2.20 bits per heavy atom. The van der Waals surface area contributed by atoms with Gasteiger partial charge in [0.2, 0.25) is 0 Å². The molecule has 1 aromatic rings. The predicted molar refractivity (Wildman–Crippen MR) is 82.9 cm³/mol. The monoisotopic (exact) mass is 343 g/mol. The Hall–Kier alpha value is -0.880. The molecule has 0 unspecified atom stereocenters. The second kappa shape index (κ2) is 6.26. The van der Waals surface area contributed by atoms with Crippen LogP contribution in [0.15, 0.2) is 15.5 Å². The summed E-state index contributed by atoms with van der Waals surface area (Å²) in [5.41, 5.74) is 0.194. The smallest absolute Gasteiger partial charge is 0.283 e. The maximum atomic E-state index is 12.1. The lowest BCUT2D eigenvalue weighted by Gasteiger charge is -2.39. The zero-order valence-corrected chi connectivity index (χ0v) is 13.6. The zero-order valence-electron chi connectivity index (χ0n) is 12.0. The molecule has 0 spiro atoms. The van der Waals surface area contributed by atoms with Crippen molar-refractivity contribution in [3.63, 3.8) is 0 Å². The van der Waals surface area contributed by atoms with Gasteiger partial charge in [-0.15, -0.1) is 0 Å². The molecule has 0 aromatic carbocycles. The molecule has 2 N–H and O–H groups in total. The topological polar surface area (TPSA) is 67.2 Å². The van der Waals surface area contributed by atoms with Crippen molar-refractivity contribution in [1.82, 2.24) is 9.78 Å². The molecular weight excluding hydrogens is 322 g/mol. The molecule has 112 valence electrons. The van der Waals surface area contributed by atoms with Crippen molar-refractivity contribution in [2.24, 2.45) is 5.92 Å². The number of anilines is 1. The maximum absolute atomic E-state index is 12.1. The van der Waals surface area contributed by atoms with Crippen molar-refractivity contribution in [2.75, 3.05) is 11.9 Å². The van der Waals surface area contributed by atoms with E-state index in [2.05, 4.69) is 33.3 Å². The standard InChI is InChI=1S/C14H22BrN3O2/c1-3-18-13(20)12(15)11(8-16-18)17-14(9-19)6-4-10(2)5-7-14/h8,10,17,19H,3-7,9H2,1-2H3. The van der Waals surface area contributed by atoms with E-state index >= 15 is 0 Å². The van der Waals surface area contributed by atoms with Gasteiger partial charge in [-0.3, -0.25) is 4.79 Å². The number of aromatic nitrogens is 2. The van der Waals surface area contributed by atoms with Gasteiger partial charge in [-0.1, -0.05) is 6.92 Å². The van der Waals surface area contributed by atoms with Crippen LogP contribution in [0.5, 0.6) is 0 Å². The first kappa shape index (κ1) is 15.5. The van der Waals surface area contributed by atoms with Crippen molar-refractivity contribution in [3.8, 4) is 0 Å². The fourth-order valence-electron chi connectivity index (χ4n) is 2.70. The molecule has 20 heavy (non-hydrogen) atoms. The van der Waals surface area contributed by atoms with Crippen LogP contribution in [0.2, 0.25) is 0 Å². The Bertz CT molecular complexity index is 522. The highest BCUT2D eigenvalue weighted by molar-refractivity contribution is 9.10. The average molecular weight is 344 g/mol. The van der Waals surface area contributed by atoms with Gasteiger partial charge in [-0.2, -0.15) is 5.10 Å². The summed E-state index contributed by atoms with van der Waals surface area (Å²) in [4.78, 5) is 12.1. The minimum atomic E-state index is -0.332. The third-order valence-corrected chi connectivity index (χ3v) is 4.98. The minimum absolute atomic E-state index is 0.0724. The normalized spacial score (nSPS) is 26.5. The van der Waals surface area contributed by atoms with Crippen molar-refractivity contribution >= 4 is 21.6 Å². The van der Waals surface area contributed by atoms with Gasteiger partial charge >= 0.3 is 0 Å². The molecule has 1 aliphatic rings. The lowest BCUT2D eigenvalue weighted by atomic mass is 9.77. The van der Waals surface area contributed by atoms with Crippen LogP contribution in [0.25, 0.3) is 0 Å².